The molecule has 2 fully saturated rings. The van der Waals surface area contributed by atoms with Gasteiger partial charge in [-0.3, -0.25) is 9.59 Å². The second kappa shape index (κ2) is 10.9. The number of ether oxygens (including phenoxy) is 2. The van der Waals surface area contributed by atoms with Crippen LogP contribution in [0.3, 0.4) is 0 Å². The second-order valence-corrected chi connectivity index (χ2v) is 8.54. The molecule has 4 rings (SSSR count). The molecule has 0 unspecified atom stereocenters. The van der Waals surface area contributed by atoms with Gasteiger partial charge in [0.25, 0.3) is 5.91 Å². The molecule has 8 nitrogen and oxygen atoms in total. The highest BCUT2D eigenvalue weighted by molar-refractivity contribution is 6.33. The van der Waals surface area contributed by atoms with Crippen molar-refractivity contribution in [3.05, 3.63) is 41.0 Å². The van der Waals surface area contributed by atoms with Crippen molar-refractivity contribution in [2.75, 3.05) is 32.8 Å². The first-order valence-corrected chi connectivity index (χ1v) is 11.5. The maximum atomic E-state index is 13.2. The van der Waals surface area contributed by atoms with Crippen molar-refractivity contribution in [1.82, 2.24) is 15.4 Å². The molecule has 0 bridgehead atoms. The van der Waals surface area contributed by atoms with Crippen LogP contribution in [0.4, 0.5) is 0 Å². The number of carbonyl (C=O) groups excluding carboxylic acids is 2. The summed E-state index contributed by atoms with van der Waals surface area (Å²) in [5.74, 6) is 0.0161. The average molecular weight is 462 g/mol. The Hall–Kier alpha value is -2.42. The van der Waals surface area contributed by atoms with Crippen LogP contribution in [0.5, 0.6) is 0 Å². The van der Waals surface area contributed by atoms with Gasteiger partial charge in [0.1, 0.15) is 0 Å². The lowest BCUT2D eigenvalue weighted by molar-refractivity contribution is -0.121. The Bertz CT molecular complexity index is 922. The van der Waals surface area contributed by atoms with Crippen LogP contribution in [-0.4, -0.2) is 66.9 Å². The third kappa shape index (κ3) is 5.88. The average Bonchev–Trinajstić information content (AvgIpc) is 3.58. The Balaban J connectivity index is 1.39. The molecule has 1 aromatic carbocycles. The molecule has 2 aliphatic heterocycles. The number of aromatic nitrogens is 1. The van der Waals surface area contributed by atoms with E-state index in [1.165, 1.54) is 0 Å². The molecule has 1 N–H and O–H groups in total. The maximum absolute atomic E-state index is 13.2. The fourth-order valence-corrected chi connectivity index (χ4v) is 4.22. The van der Waals surface area contributed by atoms with Gasteiger partial charge >= 0.3 is 0 Å². The van der Waals surface area contributed by atoms with Gasteiger partial charge in [-0.25, -0.2) is 0 Å². The van der Waals surface area contributed by atoms with Crippen LogP contribution in [0.15, 0.2) is 34.9 Å². The van der Waals surface area contributed by atoms with Gasteiger partial charge in [0, 0.05) is 50.9 Å². The molecule has 0 radical (unpaired) electrons. The lowest BCUT2D eigenvalue weighted by atomic mass is 10.1. The largest absolute Gasteiger partial charge is 0.376 e. The highest BCUT2D eigenvalue weighted by atomic mass is 35.5. The van der Waals surface area contributed by atoms with Crippen LogP contribution in [0.1, 0.15) is 42.6 Å². The Kier molecular flexibility index (Phi) is 7.78. The number of nitrogens with one attached hydrogen (secondary N) is 1. The van der Waals surface area contributed by atoms with Gasteiger partial charge in [-0.05, 0) is 37.8 Å². The van der Waals surface area contributed by atoms with Gasteiger partial charge in [-0.2, -0.15) is 0 Å². The van der Waals surface area contributed by atoms with Crippen LogP contribution in [0.25, 0.3) is 11.3 Å². The second-order valence-electron chi connectivity index (χ2n) is 8.13. The van der Waals surface area contributed by atoms with Crippen LogP contribution < -0.4 is 5.32 Å². The summed E-state index contributed by atoms with van der Waals surface area (Å²) in [5.41, 5.74) is 0.845. The summed E-state index contributed by atoms with van der Waals surface area (Å²) in [4.78, 5) is 27.2. The molecule has 0 saturated carbocycles. The normalized spacial score (nSPS) is 20.4. The zero-order valence-electron chi connectivity index (χ0n) is 17.9. The first-order chi connectivity index (χ1) is 15.6. The zero-order valence-corrected chi connectivity index (χ0v) is 18.7. The number of hydrogen-bond donors (Lipinski definition) is 1. The fourth-order valence-electron chi connectivity index (χ4n) is 3.99. The molecule has 2 aromatic rings. The number of amides is 2. The van der Waals surface area contributed by atoms with E-state index in [0.29, 0.717) is 36.0 Å². The van der Waals surface area contributed by atoms with Crippen molar-refractivity contribution in [2.24, 2.45) is 0 Å². The van der Waals surface area contributed by atoms with Crippen molar-refractivity contribution >= 4 is 23.4 Å². The topological polar surface area (TPSA) is 93.9 Å². The summed E-state index contributed by atoms with van der Waals surface area (Å²) < 4.78 is 16.6. The third-order valence-electron chi connectivity index (χ3n) is 5.76. The molecule has 3 heterocycles. The van der Waals surface area contributed by atoms with E-state index in [-0.39, 0.29) is 42.7 Å². The summed E-state index contributed by atoms with van der Waals surface area (Å²) >= 11 is 6.23. The van der Waals surface area contributed by atoms with Gasteiger partial charge in [-0.15, -0.1) is 0 Å². The third-order valence-corrected chi connectivity index (χ3v) is 6.09. The standard InChI is InChI=1S/C23H28ClN3O5/c24-19-8-2-1-7-18(19)21-13-20(26-32-21)23(29)27(15-17-6-4-12-31-17)10-9-22(28)25-14-16-5-3-11-30-16/h1-2,7-8,13,16-17H,3-6,9-12,14-15H2,(H,25,28)/t16-,17+/m1/s1. The first-order valence-electron chi connectivity index (χ1n) is 11.1. The molecule has 0 spiro atoms. The summed E-state index contributed by atoms with van der Waals surface area (Å²) in [6.45, 7) is 2.62. The number of carbonyl (C=O) groups is 2. The van der Waals surface area contributed by atoms with E-state index in [2.05, 4.69) is 10.5 Å². The quantitative estimate of drug-likeness (QED) is 0.615. The molecule has 9 heteroatoms. The molecule has 2 amide bonds. The van der Waals surface area contributed by atoms with E-state index < -0.39 is 0 Å². The smallest absolute Gasteiger partial charge is 0.276 e. The molecule has 0 aliphatic carbocycles. The summed E-state index contributed by atoms with van der Waals surface area (Å²) in [6, 6.07) is 8.80. The maximum Gasteiger partial charge on any atom is 0.276 e. The summed E-state index contributed by atoms with van der Waals surface area (Å²) in [5, 5.41) is 7.38. The van der Waals surface area contributed by atoms with Crippen LogP contribution in [0, 0.1) is 0 Å². The Morgan fingerprint density at radius 2 is 1.88 bits per heavy atom. The molecule has 2 atom stereocenters. The molecule has 2 aliphatic rings. The highest BCUT2D eigenvalue weighted by Gasteiger charge is 2.26. The van der Waals surface area contributed by atoms with E-state index >= 15 is 0 Å². The Labute approximate surface area is 192 Å². The van der Waals surface area contributed by atoms with Gasteiger partial charge in [0.15, 0.2) is 11.5 Å². The molecular formula is C23H28ClN3O5. The first kappa shape index (κ1) is 22.8. The number of halogens is 1. The molecule has 32 heavy (non-hydrogen) atoms. The molecular weight excluding hydrogens is 434 g/mol. The number of hydrogen-bond acceptors (Lipinski definition) is 6. The van der Waals surface area contributed by atoms with E-state index in [1.807, 2.05) is 12.1 Å². The Morgan fingerprint density at radius 3 is 2.59 bits per heavy atom. The monoisotopic (exact) mass is 461 g/mol. The van der Waals surface area contributed by atoms with Gasteiger partial charge < -0.3 is 24.2 Å². The SMILES string of the molecule is O=C(CCN(C[C@@H]1CCCO1)C(=O)c1cc(-c2ccccc2Cl)on1)NC[C@H]1CCCO1. The molecule has 172 valence electrons. The van der Waals surface area contributed by atoms with Gasteiger partial charge in [-0.1, -0.05) is 28.9 Å². The number of rotatable bonds is 9. The van der Waals surface area contributed by atoms with Crippen molar-refractivity contribution in [1.29, 1.82) is 0 Å². The van der Waals surface area contributed by atoms with E-state index in [1.54, 1.807) is 23.1 Å². The highest BCUT2D eigenvalue weighted by Crippen LogP contribution is 2.28. The predicted molar refractivity (Wildman–Crippen MR) is 118 cm³/mol. The van der Waals surface area contributed by atoms with Crippen LogP contribution in [0.2, 0.25) is 5.02 Å². The molecule has 1 aromatic heterocycles. The van der Waals surface area contributed by atoms with Crippen molar-refractivity contribution in [3.63, 3.8) is 0 Å². The van der Waals surface area contributed by atoms with Crippen LogP contribution in [-0.2, 0) is 14.3 Å². The van der Waals surface area contributed by atoms with Crippen LogP contribution >= 0.6 is 11.6 Å². The minimum absolute atomic E-state index is 0.0381. The Morgan fingerprint density at radius 1 is 1.12 bits per heavy atom. The van der Waals surface area contributed by atoms with E-state index in [9.17, 15) is 9.59 Å². The predicted octanol–water partition coefficient (Wildman–Crippen LogP) is 3.30. The summed E-state index contributed by atoms with van der Waals surface area (Å²) in [7, 11) is 0. The van der Waals surface area contributed by atoms with E-state index in [0.717, 1.165) is 32.3 Å². The number of benzene rings is 1. The number of nitrogens with zero attached hydrogens (tertiary/aromatic N) is 2. The summed E-state index contributed by atoms with van der Waals surface area (Å²) in [6.07, 6.45) is 4.08. The van der Waals surface area contributed by atoms with Crippen molar-refractivity contribution < 1.29 is 23.6 Å². The van der Waals surface area contributed by atoms with E-state index in [4.69, 9.17) is 25.6 Å². The lowest BCUT2D eigenvalue weighted by Crippen LogP contribution is -2.40. The van der Waals surface area contributed by atoms with Crippen molar-refractivity contribution in [2.45, 2.75) is 44.3 Å². The minimum atomic E-state index is -0.297. The van der Waals surface area contributed by atoms with Crippen molar-refractivity contribution in [3.8, 4) is 11.3 Å². The van der Waals surface area contributed by atoms with Gasteiger partial charge in [0.2, 0.25) is 5.91 Å². The zero-order chi connectivity index (χ0) is 22.3. The fraction of sp³-hybridized carbons (Fsp3) is 0.522. The van der Waals surface area contributed by atoms with Gasteiger partial charge in [0.05, 0.1) is 17.2 Å². The lowest BCUT2D eigenvalue weighted by Gasteiger charge is -2.24. The molecule has 2 saturated heterocycles. The minimum Gasteiger partial charge on any atom is -0.376 e.